The summed E-state index contributed by atoms with van der Waals surface area (Å²) in [5, 5.41) is 0. The number of aromatic nitrogens is 3. The van der Waals surface area contributed by atoms with E-state index in [0.717, 1.165) is 19.0 Å². The van der Waals surface area contributed by atoms with Crippen molar-refractivity contribution in [3.63, 3.8) is 0 Å². The molecule has 0 saturated heterocycles. The van der Waals surface area contributed by atoms with Gasteiger partial charge in [-0.1, -0.05) is 15.9 Å². The second-order valence-corrected chi connectivity index (χ2v) is 5.33. The van der Waals surface area contributed by atoms with Gasteiger partial charge in [0.15, 0.2) is 5.82 Å². The van der Waals surface area contributed by atoms with Gasteiger partial charge in [0.05, 0.1) is 0 Å². The van der Waals surface area contributed by atoms with Gasteiger partial charge in [0.1, 0.15) is 12.7 Å². The highest BCUT2D eigenvalue weighted by Gasteiger charge is 2.11. The zero-order valence-corrected chi connectivity index (χ0v) is 12.0. The van der Waals surface area contributed by atoms with Crippen LogP contribution in [0.3, 0.4) is 0 Å². The molecule has 3 nitrogen and oxygen atoms in total. The minimum absolute atomic E-state index is 0.635. The third kappa shape index (κ3) is 2.43. The smallest absolute Gasteiger partial charge is 0.164 e. The van der Waals surface area contributed by atoms with Gasteiger partial charge in [0.25, 0.3) is 0 Å². The summed E-state index contributed by atoms with van der Waals surface area (Å²) in [6.07, 6.45) is 2.95. The standard InChI is InChI=1S/C9H4Br3N3/c10-5-1-6(11)8(7(12)2-5)9-14-3-13-4-15-9/h1-4H. The molecule has 0 spiro atoms. The fraction of sp³-hybridized carbons (Fsp3) is 0. The molecule has 1 aromatic heterocycles. The average Bonchev–Trinajstić information content (AvgIpc) is 2.17. The van der Waals surface area contributed by atoms with Gasteiger partial charge in [-0.2, -0.15) is 0 Å². The number of hydrogen-bond acceptors (Lipinski definition) is 3. The van der Waals surface area contributed by atoms with E-state index in [-0.39, 0.29) is 0 Å². The van der Waals surface area contributed by atoms with Gasteiger partial charge in [-0.25, -0.2) is 15.0 Å². The molecule has 0 radical (unpaired) electrons. The van der Waals surface area contributed by atoms with Crippen LogP contribution < -0.4 is 0 Å². The Morgan fingerprint density at radius 3 is 1.93 bits per heavy atom. The number of hydrogen-bond donors (Lipinski definition) is 0. The zero-order valence-electron chi connectivity index (χ0n) is 7.28. The van der Waals surface area contributed by atoms with E-state index in [1.54, 1.807) is 0 Å². The maximum absolute atomic E-state index is 4.10. The van der Waals surface area contributed by atoms with Crippen molar-refractivity contribution in [1.82, 2.24) is 15.0 Å². The maximum atomic E-state index is 4.10. The van der Waals surface area contributed by atoms with Crippen molar-refractivity contribution in [3.05, 3.63) is 38.2 Å². The SMILES string of the molecule is Brc1cc(Br)c(-c2ncncn2)c(Br)c1. The van der Waals surface area contributed by atoms with Crippen LogP contribution in [0.2, 0.25) is 0 Å². The first-order valence-corrected chi connectivity index (χ1v) is 6.33. The second kappa shape index (κ2) is 4.67. The fourth-order valence-corrected chi connectivity index (χ4v) is 3.74. The predicted molar refractivity (Wildman–Crippen MR) is 68.4 cm³/mol. The normalized spacial score (nSPS) is 10.3. The van der Waals surface area contributed by atoms with Crippen LogP contribution in [0.1, 0.15) is 0 Å². The molecule has 6 heteroatoms. The molecular formula is C9H4Br3N3. The largest absolute Gasteiger partial charge is 0.225 e. The quantitative estimate of drug-likeness (QED) is 0.739. The molecule has 0 aliphatic heterocycles. The van der Waals surface area contributed by atoms with E-state index in [1.807, 2.05) is 12.1 Å². The van der Waals surface area contributed by atoms with Crippen molar-refractivity contribution in [2.24, 2.45) is 0 Å². The molecule has 0 unspecified atom stereocenters. The average molecular weight is 394 g/mol. The molecule has 76 valence electrons. The molecule has 15 heavy (non-hydrogen) atoms. The van der Waals surface area contributed by atoms with E-state index in [2.05, 4.69) is 62.7 Å². The van der Waals surface area contributed by atoms with Crippen molar-refractivity contribution in [3.8, 4) is 11.4 Å². The second-order valence-electron chi connectivity index (χ2n) is 2.71. The first-order valence-electron chi connectivity index (χ1n) is 3.95. The third-order valence-electron chi connectivity index (χ3n) is 1.72. The summed E-state index contributed by atoms with van der Waals surface area (Å²) in [7, 11) is 0. The van der Waals surface area contributed by atoms with E-state index in [4.69, 9.17) is 0 Å². The highest BCUT2D eigenvalue weighted by molar-refractivity contribution is 9.11. The molecule has 0 atom stereocenters. The third-order valence-corrected chi connectivity index (χ3v) is 3.43. The van der Waals surface area contributed by atoms with Crippen molar-refractivity contribution in [1.29, 1.82) is 0 Å². The van der Waals surface area contributed by atoms with E-state index in [1.165, 1.54) is 12.7 Å². The summed E-state index contributed by atoms with van der Waals surface area (Å²) in [6.45, 7) is 0. The first kappa shape index (κ1) is 11.2. The van der Waals surface area contributed by atoms with E-state index in [0.29, 0.717) is 5.82 Å². The highest BCUT2D eigenvalue weighted by Crippen LogP contribution is 2.35. The molecule has 2 rings (SSSR count). The Hall–Kier alpha value is -0.330. The van der Waals surface area contributed by atoms with Gasteiger partial charge >= 0.3 is 0 Å². The van der Waals surface area contributed by atoms with Crippen LogP contribution in [-0.2, 0) is 0 Å². The van der Waals surface area contributed by atoms with Gasteiger partial charge in [-0.15, -0.1) is 0 Å². The van der Waals surface area contributed by atoms with Crippen molar-refractivity contribution >= 4 is 47.8 Å². The van der Waals surface area contributed by atoms with E-state index >= 15 is 0 Å². The van der Waals surface area contributed by atoms with Crippen LogP contribution in [0.4, 0.5) is 0 Å². The molecule has 0 saturated carbocycles. The van der Waals surface area contributed by atoms with Gasteiger partial charge in [0, 0.05) is 19.0 Å². The topological polar surface area (TPSA) is 38.7 Å². The summed E-state index contributed by atoms with van der Waals surface area (Å²) in [5.41, 5.74) is 0.917. The Morgan fingerprint density at radius 1 is 0.867 bits per heavy atom. The van der Waals surface area contributed by atoms with Crippen molar-refractivity contribution < 1.29 is 0 Å². The van der Waals surface area contributed by atoms with Crippen LogP contribution in [0, 0.1) is 0 Å². The van der Waals surface area contributed by atoms with Gasteiger partial charge in [-0.3, -0.25) is 0 Å². The lowest BCUT2D eigenvalue weighted by Crippen LogP contribution is -1.91. The molecule has 0 amide bonds. The van der Waals surface area contributed by atoms with E-state index in [9.17, 15) is 0 Å². The molecule has 0 N–H and O–H groups in total. The van der Waals surface area contributed by atoms with Gasteiger partial charge in [-0.05, 0) is 44.0 Å². The van der Waals surface area contributed by atoms with Crippen LogP contribution in [0.5, 0.6) is 0 Å². The van der Waals surface area contributed by atoms with Gasteiger partial charge < -0.3 is 0 Å². The Balaban J connectivity index is 2.64. The minimum Gasteiger partial charge on any atom is -0.225 e. The summed E-state index contributed by atoms with van der Waals surface area (Å²) in [5.74, 6) is 0.635. The molecule has 2 aromatic rings. The predicted octanol–water partition coefficient (Wildman–Crippen LogP) is 3.83. The van der Waals surface area contributed by atoms with E-state index < -0.39 is 0 Å². The Labute approximate surface area is 112 Å². The highest BCUT2D eigenvalue weighted by atomic mass is 79.9. The Bertz CT molecular complexity index is 464. The summed E-state index contributed by atoms with van der Waals surface area (Å²) < 4.78 is 2.84. The van der Waals surface area contributed by atoms with Crippen LogP contribution in [-0.4, -0.2) is 15.0 Å². The fourth-order valence-electron chi connectivity index (χ4n) is 1.12. The lowest BCUT2D eigenvalue weighted by Gasteiger charge is -2.05. The maximum Gasteiger partial charge on any atom is 0.164 e. The summed E-state index contributed by atoms with van der Waals surface area (Å²) >= 11 is 10.4. The van der Waals surface area contributed by atoms with Crippen LogP contribution >= 0.6 is 47.8 Å². The lowest BCUT2D eigenvalue weighted by atomic mass is 10.2. The molecule has 0 aliphatic carbocycles. The monoisotopic (exact) mass is 391 g/mol. The lowest BCUT2D eigenvalue weighted by molar-refractivity contribution is 1.05. The number of nitrogens with zero attached hydrogens (tertiary/aromatic N) is 3. The molecule has 1 aromatic carbocycles. The van der Waals surface area contributed by atoms with Crippen LogP contribution in [0.25, 0.3) is 11.4 Å². The molecule has 0 bridgehead atoms. The molecule has 1 heterocycles. The van der Waals surface area contributed by atoms with Crippen molar-refractivity contribution in [2.45, 2.75) is 0 Å². The number of rotatable bonds is 1. The van der Waals surface area contributed by atoms with Crippen LogP contribution in [0.15, 0.2) is 38.2 Å². The summed E-state index contributed by atoms with van der Waals surface area (Å²) in [6, 6.07) is 3.90. The number of halogens is 3. The summed E-state index contributed by atoms with van der Waals surface area (Å²) in [4.78, 5) is 12.0. The Morgan fingerprint density at radius 2 is 1.40 bits per heavy atom. The molecule has 0 aliphatic rings. The molecular weight excluding hydrogens is 390 g/mol. The minimum atomic E-state index is 0.635. The zero-order chi connectivity index (χ0) is 10.8. The van der Waals surface area contributed by atoms with Crippen molar-refractivity contribution in [2.75, 3.05) is 0 Å². The molecule has 0 fully saturated rings. The number of benzene rings is 1. The first-order chi connectivity index (χ1) is 7.18. The van der Waals surface area contributed by atoms with Gasteiger partial charge in [0.2, 0.25) is 0 Å². The Kier molecular flexibility index (Phi) is 3.48.